The van der Waals surface area contributed by atoms with Crippen LogP contribution in [0.15, 0.2) is 97.6 Å². The second kappa shape index (κ2) is 7.45. The minimum atomic E-state index is -0.918. The summed E-state index contributed by atoms with van der Waals surface area (Å²) in [5.41, 5.74) is 5.84. The molecule has 0 unspecified atom stereocenters. The molecule has 0 aliphatic carbocycles. The second-order valence-corrected chi connectivity index (χ2v) is 6.68. The number of pyridine rings is 2. The van der Waals surface area contributed by atoms with Crippen LogP contribution in [0.1, 0.15) is 15.9 Å². The Kier molecular flexibility index (Phi) is 4.68. The van der Waals surface area contributed by atoms with Gasteiger partial charge in [0.1, 0.15) is 0 Å². The Morgan fingerprint density at radius 2 is 1.04 bits per heavy atom. The fourth-order valence-electron chi connectivity index (χ4n) is 3.08. The molecular weight excluding hydrogens is 348 g/mol. The summed E-state index contributed by atoms with van der Waals surface area (Å²) < 4.78 is 4.06. The van der Waals surface area contributed by atoms with Gasteiger partial charge in [-0.3, -0.25) is 0 Å². The molecule has 2 aromatic heterocycles. The first-order valence-electron chi connectivity index (χ1n) is 9.04. The molecule has 0 aliphatic heterocycles. The van der Waals surface area contributed by atoms with Gasteiger partial charge in [-0.1, -0.05) is 17.7 Å². The summed E-state index contributed by atoms with van der Waals surface area (Å²) in [6.07, 6.45) is 8.08. The van der Waals surface area contributed by atoms with Crippen molar-refractivity contribution in [2.75, 3.05) is 0 Å². The molecular formula is C24H20N2O2+2. The van der Waals surface area contributed by atoms with Crippen molar-refractivity contribution >= 4 is 5.97 Å². The Balaban J connectivity index is 1.55. The Hall–Kier alpha value is -3.79. The van der Waals surface area contributed by atoms with Crippen LogP contribution >= 0.6 is 0 Å². The van der Waals surface area contributed by atoms with Gasteiger partial charge in [0.25, 0.3) is 0 Å². The maximum Gasteiger partial charge on any atom is 0.335 e. The molecule has 0 saturated carbocycles. The molecule has 0 bridgehead atoms. The van der Waals surface area contributed by atoms with Gasteiger partial charge in [0.15, 0.2) is 24.8 Å². The summed E-state index contributed by atoms with van der Waals surface area (Å²) in [4.78, 5) is 11.0. The normalized spacial score (nSPS) is 10.6. The number of aryl methyl sites for hydroxylation is 1. The molecule has 0 radical (unpaired) electrons. The highest BCUT2D eigenvalue weighted by molar-refractivity contribution is 5.87. The minimum Gasteiger partial charge on any atom is -0.478 e. The van der Waals surface area contributed by atoms with E-state index in [1.165, 1.54) is 5.56 Å². The number of carboxylic acid groups (broad SMARTS) is 1. The zero-order valence-electron chi connectivity index (χ0n) is 15.5. The Bertz CT molecular complexity index is 1100. The van der Waals surface area contributed by atoms with Gasteiger partial charge in [0, 0.05) is 48.5 Å². The molecule has 1 N–H and O–H groups in total. The Morgan fingerprint density at radius 3 is 1.43 bits per heavy atom. The van der Waals surface area contributed by atoms with Crippen molar-refractivity contribution in [1.82, 2.24) is 0 Å². The van der Waals surface area contributed by atoms with Crippen molar-refractivity contribution < 1.29 is 19.0 Å². The number of hydrogen-bond acceptors (Lipinski definition) is 1. The van der Waals surface area contributed by atoms with E-state index in [1.54, 1.807) is 24.3 Å². The van der Waals surface area contributed by atoms with Crippen LogP contribution in [0.4, 0.5) is 0 Å². The molecule has 136 valence electrons. The van der Waals surface area contributed by atoms with E-state index in [-0.39, 0.29) is 5.56 Å². The van der Waals surface area contributed by atoms with Crippen molar-refractivity contribution in [3.05, 3.63) is 109 Å². The number of rotatable bonds is 4. The quantitative estimate of drug-likeness (QED) is 0.555. The molecule has 2 heterocycles. The van der Waals surface area contributed by atoms with Crippen molar-refractivity contribution in [2.45, 2.75) is 6.92 Å². The van der Waals surface area contributed by atoms with Crippen LogP contribution < -0.4 is 9.13 Å². The molecule has 4 nitrogen and oxygen atoms in total. The third-order valence-electron chi connectivity index (χ3n) is 4.74. The predicted molar refractivity (Wildman–Crippen MR) is 107 cm³/mol. The molecule has 4 heteroatoms. The summed E-state index contributed by atoms with van der Waals surface area (Å²) in [5, 5.41) is 9.00. The van der Waals surface area contributed by atoms with Gasteiger partial charge in [-0.25, -0.2) is 4.79 Å². The summed E-state index contributed by atoms with van der Waals surface area (Å²) >= 11 is 0. The highest BCUT2D eigenvalue weighted by Gasteiger charge is 2.10. The second-order valence-electron chi connectivity index (χ2n) is 6.68. The molecule has 2 aromatic carbocycles. The van der Waals surface area contributed by atoms with Gasteiger partial charge < -0.3 is 5.11 Å². The number of aromatic carboxylic acids is 1. The standard InChI is InChI=1S/C24H19N2O2/c1-18-2-6-22(7-3-18)25-14-10-19(11-15-25)20-12-16-26(17-13-20)23-8-4-21(5-9-23)24(27)28/h2-17H,1H3/q+1/p+1. The third-order valence-corrected chi connectivity index (χ3v) is 4.74. The van der Waals surface area contributed by atoms with Crippen molar-refractivity contribution in [1.29, 1.82) is 0 Å². The lowest BCUT2D eigenvalue weighted by Gasteiger charge is -2.02. The number of aromatic nitrogens is 2. The van der Waals surface area contributed by atoms with Crippen molar-refractivity contribution in [3.63, 3.8) is 0 Å². The largest absolute Gasteiger partial charge is 0.478 e. The summed E-state index contributed by atoms with van der Waals surface area (Å²) in [6.45, 7) is 2.08. The van der Waals surface area contributed by atoms with E-state index < -0.39 is 5.97 Å². The lowest BCUT2D eigenvalue weighted by atomic mass is 10.1. The Labute approximate surface area is 163 Å². The molecule has 0 atom stereocenters. The molecule has 0 spiro atoms. The minimum absolute atomic E-state index is 0.284. The monoisotopic (exact) mass is 368 g/mol. The van der Waals surface area contributed by atoms with Crippen LogP contribution in [0.5, 0.6) is 0 Å². The SMILES string of the molecule is Cc1ccc(-[n+]2ccc(-c3cc[n+](-c4ccc(C(=O)O)cc4)cc3)cc2)cc1. The maximum absolute atomic E-state index is 11.0. The molecule has 0 fully saturated rings. The van der Waals surface area contributed by atoms with Gasteiger partial charge in [0.05, 0.1) is 5.56 Å². The van der Waals surface area contributed by atoms with Gasteiger partial charge in [-0.15, -0.1) is 0 Å². The summed E-state index contributed by atoms with van der Waals surface area (Å²) in [7, 11) is 0. The maximum atomic E-state index is 11.0. The third kappa shape index (κ3) is 3.67. The van der Waals surface area contributed by atoms with Gasteiger partial charge in [-0.2, -0.15) is 9.13 Å². The van der Waals surface area contributed by atoms with Crippen molar-refractivity contribution in [2.24, 2.45) is 0 Å². The number of benzene rings is 2. The van der Waals surface area contributed by atoms with E-state index >= 15 is 0 Å². The number of nitrogens with zero attached hydrogens (tertiary/aromatic N) is 2. The van der Waals surface area contributed by atoms with Crippen LogP contribution in [-0.2, 0) is 0 Å². The summed E-state index contributed by atoms with van der Waals surface area (Å²) in [5.74, 6) is -0.918. The number of carbonyl (C=O) groups is 1. The predicted octanol–water partition coefficient (Wildman–Crippen LogP) is 3.91. The highest BCUT2D eigenvalue weighted by Crippen LogP contribution is 2.17. The van der Waals surface area contributed by atoms with Crippen LogP contribution in [0.2, 0.25) is 0 Å². The topological polar surface area (TPSA) is 45.1 Å². The van der Waals surface area contributed by atoms with Gasteiger partial charge >= 0.3 is 5.97 Å². The van der Waals surface area contributed by atoms with E-state index in [0.717, 1.165) is 22.5 Å². The summed E-state index contributed by atoms with van der Waals surface area (Å²) in [6, 6.07) is 23.6. The smallest absolute Gasteiger partial charge is 0.335 e. The van der Waals surface area contributed by atoms with Gasteiger partial charge in [-0.05, 0) is 30.2 Å². The lowest BCUT2D eigenvalue weighted by molar-refractivity contribution is -0.596. The molecule has 4 aromatic rings. The van der Waals surface area contributed by atoms with Crippen LogP contribution in [0.25, 0.3) is 22.5 Å². The molecule has 4 rings (SSSR count). The van der Waals surface area contributed by atoms with E-state index in [1.807, 2.05) is 17.0 Å². The number of hydrogen-bond donors (Lipinski definition) is 1. The fourth-order valence-corrected chi connectivity index (χ4v) is 3.08. The number of carboxylic acids is 1. The zero-order valence-corrected chi connectivity index (χ0v) is 15.5. The zero-order chi connectivity index (χ0) is 19.5. The average molecular weight is 368 g/mol. The first-order valence-corrected chi connectivity index (χ1v) is 9.04. The molecule has 0 saturated heterocycles. The average Bonchev–Trinajstić information content (AvgIpc) is 2.75. The van der Waals surface area contributed by atoms with Crippen LogP contribution in [-0.4, -0.2) is 11.1 Å². The molecule has 28 heavy (non-hydrogen) atoms. The van der Waals surface area contributed by atoms with E-state index in [9.17, 15) is 4.79 Å². The van der Waals surface area contributed by atoms with Crippen LogP contribution in [0, 0.1) is 6.92 Å². The first-order chi connectivity index (χ1) is 13.6. The molecule has 0 aliphatic rings. The van der Waals surface area contributed by atoms with Gasteiger partial charge in [0.2, 0.25) is 11.4 Å². The highest BCUT2D eigenvalue weighted by atomic mass is 16.4. The van der Waals surface area contributed by atoms with Crippen LogP contribution in [0.3, 0.4) is 0 Å². The van der Waals surface area contributed by atoms with E-state index in [4.69, 9.17) is 5.11 Å². The van der Waals surface area contributed by atoms with E-state index in [2.05, 4.69) is 72.4 Å². The lowest BCUT2D eigenvalue weighted by Crippen LogP contribution is -2.29. The Morgan fingerprint density at radius 1 is 0.643 bits per heavy atom. The van der Waals surface area contributed by atoms with E-state index in [0.29, 0.717) is 0 Å². The van der Waals surface area contributed by atoms with Crippen molar-refractivity contribution in [3.8, 4) is 22.5 Å². The first kappa shape index (κ1) is 17.6. The fraction of sp³-hybridized carbons (Fsp3) is 0.0417. The molecule has 0 amide bonds.